The molecule has 0 saturated heterocycles. The first-order valence-corrected chi connectivity index (χ1v) is 8.12. The molecule has 0 radical (unpaired) electrons. The normalized spacial score (nSPS) is 12.5. The molecule has 0 saturated carbocycles. The van der Waals surface area contributed by atoms with E-state index in [0.29, 0.717) is 6.04 Å². The largest absolute Gasteiger partial charge is 0.308 e. The summed E-state index contributed by atoms with van der Waals surface area (Å²) in [6, 6.07) is 13.3. The molecule has 2 rings (SSSR count). The highest BCUT2D eigenvalue weighted by Crippen LogP contribution is 2.20. The molecule has 0 spiro atoms. The molecule has 0 fully saturated rings. The van der Waals surface area contributed by atoms with Crippen molar-refractivity contribution in [3.8, 4) is 0 Å². The van der Waals surface area contributed by atoms with Crippen molar-refractivity contribution in [2.75, 3.05) is 6.54 Å². The number of aromatic nitrogens is 2. The van der Waals surface area contributed by atoms with Crippen LogP contribution in [0.5, 0.6) is 0 Å². The Morgan fingerprint density at radius 1 is 1.14 bits per heavy atom. The van der Waals surface area contributed by atoms with Gasteiger partial charge in [-0.1, -0.05) is 44.2 Å². The number of nitrogens with one attached hydrogen (secondary N) is 1. The zero-order chi connectivity index (χ0) is 15.1. The molecule has 0 bridgehead atoms. The number of aryl methyl sites for hydroxylation is 2. The second-order valence-electron chi connectivity index (χ2n) is 5.43. The molecule has 1 aromatic heterocycles. The molecular weight excluding hydrogens is 258 g/mol. The van der Waals surface area contributed by atoms with E-state index in [9.17, 15) is 0 Å². The maximum Gasteiger partial charge on any atom is 0.0625 e. The van der Waals surface area contributed by atoms with E-state index in [2.05, 4.69) is 67.2 Å². The maximum atomic E-state index is 4.69. The van der Waals surface area contributed by atoms with Gasteiger partial charge in [-0.3, -0.25) is 4.68 Å². The second kappa shape index (κ2) is 7.99. The third-order valence-corrected chi connectivity index (χ3v) is 3.80. The molecule has 114 valence electrons. The lowest BCUT2D eigenvalue weighted by Crippen LogP contribution is -2.26. The molecule has 3 heteroatoms. The fraction of sp³-hybridized carbons (Fsp3) is 0.500. The van der Waals surface area contributed by atoms with Gasteiger partial charge in [-0.15, -0.1) is 0 Å². The van der Waals surface area contributed by atoms with Crippen molar-refractivity contribution in [1.29, 1.82) is 0 Å². The van der Waals surface area contributed by atoms with Crippen LogP contribution >= 0.6 is 0 Å². The van der Waals surface area contributed by atoms with E-state index in [1.165, 1.54) is 17.0 Å². The highest BCUT2D eigenvalue weighted by molar-refractivity contribution is 5.21. The first-order valence-electron chi connectivity index (χ1n) is 8.12. The van der Waals surface area contributed by atoms with E-state index in [-0.39, 0.29) is 0 Å². The molecule has 0 aliphatic carbocycles. The van der Waals surface area contributed by atoms with Gasteiger partial charge in [0.15, 0.2) is 0 Å². The molecular formula is C18H27N3. The van der Waals surface area contributed by atoms with Crippen LogP contribution in [0.25, 0.3) is 0 Å². The van der Waals surface area contributed by atoms with Gasteiger partial charge in [0.2, 0.25) is 0 Å². The average molecular weight is 285 g/mol. The SMILES string of the molecule is CCCNC(Cc1ccccc1)c1cc(CC)nn1CC. The summed E-state index contributed by atoms with van der Waals surface area (Å²) in [4.78, 5) is 0. The molecule has 1 heterocycles. The third-order valence-electron chi connectivity index (χ3n) is 3.80. The lowest BCUT2D eigenvalue weighted by molar-refractivity contribution is 0.478. The summed E-state index contributed by atoms with van der Waals surface area (Å²) < 4.78 is 2.15. The average Bonchev–Trinajstić information content (AvgIpc) is 2.95. The Bertz CT molecular complexity index is 531. The fourth-order valence-electron chi connectivity index (χ4n) is 2.64. The Labute approximate surface area is 128 Å². The number of benzene rings is 1. The first-order chi connectivity index (χ1) is 10.3. The van der Waals surface area contributed by atoms with Crippen LogP contribution in [0, 0.1) is 0 Å². The summed E-state index contributed by atoms with van der Waals surface area (Å²) in [5.41, 5.74) is 3.86. The second-order valence-corrected chi connectivity index (χ2v) is 5.43. The fourth-order valence-corrected chi connectivity index (χ4v) is 2.64. The smallest absolute Gasteiger partial charge is 0.0625 e. The monoisotopic (exact) mass is 285 g/mol. The van der Waals surface area contributed by atoms with E-state index in [1.807, 2.05) is 0 Å². The van der Waals surface area contributed by atoms with Gasteiger partial charge in [-0.2, -0.15) is 5.10 Å². The van der Waals surface area contributed by atoms with Gasteiger partial charge in [-0.25, -0.2) is 0 Å². The number of hydrogen-bond acceptors (Lipinski definition) is 2. The lowest BCUT2D eigenvalue weighted by Gasteiger charge is -2.19. The van der Waals surface area contributed by atoms with E-state index < -0.39 is 0 Å². The van der Waals surface area contributed by atoms with Crippen LogP contribution in [-0.2, 0) is 19.4 Å². The topological polar surface area (TPSA) is 29.9 Å². The van der Waals surface area contributed by atoms with Crippen LogP contribution in [0.4, 0.5) is 0 Å². The van der Waals surface area contributed by atoms with Crippen LogP contribution in [0.1, 0.15) is 50.2 Å². The van der Waals surface area contributed by atoms with Crippen molar-refractivity contribution in [2.45, 2.75) is 52.6 Å². The van der Waals surface area contributed by atoms with Crippen molar-refractivity contribution >= 4 is 0 Å². The molecule has 1 unspecified atom stereocenters. The minimum Gasteiger partial charge on any atom is -0.308 e. The summed E-state index contributed by atoms with van der Waals surface area (Å²) in [7, 11) is 0. The summed E-state index contributed by atoms with van der Waals surface area (Å²) >= 11 is 0. The maximum absolute atomic E-state index is 4.69. The Morgan fingerprint density at radius 2 is 1.90 bits per heavy atom. The molecule has 0 amide bonds. The quantitative estimate of drug-likeness (QED) is 0.800. The first kappa shape index (κ1) is 15.8. The molecule has 1 N–H and O–H groups in total. The predicted molar refractivity (Wildman–Crippen MR) is 88.5 cm³/mol. The lowest BCUT2D eigenvalue weighted by atomic mass is 10.0. The van der Waals surface area contributed by atoms with Gasteiger partial charge in [0.25, 0.3) is 0 Å². The van der Waals surface area contributed by atoms with Crippen molar-refractivity contribution in [3.63, 3.8) is 0 Å². The Hall–Kier alpha value is -1.61. The minimum atomic E-state index is 0.333. The minimum absolute atomic E-state index is 0.333. The molecule has 0 aliphatic heterocycles. The van der Waals surface area contributed by atoms with E-state index in [4.69, 9.17) is 5.10 Å². The van der Waals surface area contributed by atoms with Crippen molar-refractivity contribution in [1.82, 2.24) is 15.1 Å². The zero-order valence-corrected chi connectivity index (χ0v) is 13.5. The molecule has 21 heavy (non-hydrogen) atoms. The predicted octanol–water partition coefficient (Wildman–Crippen LogP) is 3.75. The van der Waals surface area contributed by atoms with Crippen LogP contribution in [0.2, 0.25) is 0 Å². The summed E-state index contributed by atoms with van der Waals surface area (Å²) in [6.07, 6.45) is 3.15. The van der Waals surface area contributed by atoms with Crippen molar-refractivity contribution < 1.29 is 0 Å². The van der Waals surface area contributed by atoms with Gasteiger partial charge in [0, 0.05) is 6.54 Å². The highest BCUT2D eigenvalue weighted by atomic mass is 15.3. The van der Waals surface area contributed by atoms with E-state index in [0.717, 1.165) is 32.4 Å². The Morgan fingerprint density at radius 3 is 2.52 bits per heavy atom. The summed E-state index contributed by atoms with van der Waals surface area (Å²) in [5, 5.41) is 8.38. The standard InChI is InChI=1S/C18H27N3/c1-4-12-19-17(13-15-10-8-7-9-11-15)18-14-16(5-2)20-21(18)6-3/h7-11,14,17,19H,4-6,12-13H2,1-3H3. The molecule has 0 aliphatic rings. The zero-order valence-electron chi connectivity index (χ0n) is 13.5. The highest BCUT2D eigenvalue weighted by Gasteiger charge is 2.17. The Balaban J connectivity index is 2.24. The number of rotatable bonds is 8. The summed E-state index contributed by atoms with van der Waals surface area (Å²) in [6.45, 7) is 8.50. The van der Waals surface area contributed by atoms with Gasteiger partial charge in [0.05, 0.1) is 17.4 Å². The molecule has 1 atom stereocenters. The summed E-state index contributed by atoms with van der Waals surface area (Å²) in [5.74, 6) is 0. The Kier molecular flexibility index (Phi) is 6.00. The van der Waals surface area contributed by atoms with Crippen LogP contribution < -0.4 is 5.32 Å². The van der Waals surface area contributed by atoms with Crippen LogP contribution in [0.15, 0.2) is 36.4 Å². The third kappa shape index (κ3) is 4.18. The molecule has 2 aromatic rings. The van der Waals surface area contributed by atoms with Crippen LogP contribution in [-0.4, -0.2) is 16.3 Å². The van der Waals surface area contributed by atoms with Crippen LogP contribution in [0.3, 0.4) is 0 Å². The van der Waals surface area contributed by atoms with E-state index in [1.54, 1.807) is 0 Å². The van der Waals surface area contributed by atoms with Crippen molar-refractivity contribution in [2.24, 2.45) is 0 Å². The van der Waals surface area contributed by atoms with E-state index >= 15 is 0 Å². The van der Waals surface area contributed by atoms with Gasteiger partial charge in [0.1, 0.15) is 0 Å². The molecule has 3 nitrogen and oxygen atoms in total. The number of nitrogens with zero attached hydrogens (tertiary/aromatic N) is 2. The van der Waals surface area contributed by atoms with Gasteiger partial charge in [-0.05, 0) is 44.4 Å². The van der Waals surface area contributed by atoms with Gasteiger partial charge < -0.3 is 5.32 Å². The van der Waals surface area contributed by atoms with Crippen molar-refractivity contribution in [3.05, 3.63) is 53.3 Å². The molecule has 1 aromatic carbocycles. The number of hydrogen-bond donors (Lipinski definition) is 1. The van der Waals surface area contributed by atoms with Gasteiger partial charge >= 0.3 is 0 Å².